The number of hydrogen-bond acceptors (Lipinski definition) is 2. The standard InChI is InChI=1S/C9H14F3NO/c10-9(11,12)8(14)5-1-2-6(8)4-7(13)3-5/h5-7,14H,1-4,13H2/t5-,6-,7?,8?/m0/s1. The smallest absolute Gasteiger partial charge is 0.380 e. The van der Waals surface area contributed by atoms with Crippen LogP contribution in [0.25, 0.3) is 0 Å². The number of rotatable bonds is 0. The van der Waals surface area contributed by atoms with Crippen LogP contribution in [0.4, 0.5) is 13.2 Å². The number of aliphatic hydroxyl groups is 1. The molecule has 0 saturated heterocycles. The van der Waals surface area contributed by atoms with Gasteiger partial charge in [-0.15, -0.1) is 0 Å². The maximum atomic E-state index is 12.7. The summed E-state index contributed by atoms with van der Waals surface area (Å²) in [5.41, 5.74) is 3.19. The highest BCUT2D eigenvalue weighted by molar-refractivity contribution is 5.08. The second-order valence-corrected chi connectivity index (χ2v) is 4.53. The van der Waals surface area contributed by atoms with Crippen LogP contribution in [0, 0.1) is 11.8 Å². The van der Waals surface area contributed by atoms with Gasteiger partial charge in [-0.05, 0) is 37.5 Å². The number of halogens is 3. The molecule has 0 unspecified atom stereocenters. The maximum absolute atomic E-state index is 12.7. The van der Waals surface area contributed by atoms with Gasteiger partial charge < -0.3 is 10.8 Å². The summed E-state index contributed by atoms with van der Waals surface area (Å²) in [6.07, 6.45) is -3.00. The van der Waals surface area contributed by atoms with Crippen LogP contribution in [0.2, 0.25) is 0 Å². The zero-order valence-corrected chi connectivity index (χ0v) is 7.72. The third kappa shape index (κ3) is 1.18. The molecule has 0 heterocycles. The van der Waals surface area contributed by atoms with Gasteiger partial charge >= 0.3 is 6.18 Å². The Morgan fingerprint density at radius 2 is 1.57 bits per heavy atom. The number of alkyl halides is 3. The predicted molar refractivity (Wildman–Crippen MR) is 44.4 cm³/mol. The summed E-state index contributed by atoms with van der Waals surface area (Å²) in [5.74, 6) is -1.37. The second-order valence-electron chi connectivity index (χ2n) is 4.53. The van der Waals surface area contributed by atoms with Crippen LogP contribution in [0.1, 0.15) is 25.7 Å². The Bertz CT molecular complexity index is 227. The molecule has 0 amide bonds. The van der Waals surface area contributed by atoms with Crippen molar-refractivity contribution in [1.82, 2.24) is 0 Å². The molecule has 2 nitrogen and oxygen atoms in total. The van der Waals surface area contributed by atoms with Crippen molar-refractivity contribution in [2.75, 3.05) is 0 Å². The molecule has 2 aliphatic carbocycles. The minimum absolute atomic E-state index is 0.171. The van der Waals surface area contributed by atoms with Gasteiger partial charge in [-0.2, -0.15) is 13.2 Å². The first kappa shape index (κ1) is 10.2. The first-order valence-corrected chi connectivity index (χ1v) is 4.90. The van der Waals surface area contributed by atoms with Crippen LogP contribution in [-0.4, -0.2) is 22.9 Å². The summed E-state index contributed by atoms with van der Waals surface area (Å²) in [7, 11) is 0. The van der Waals surface area contributed by atoms with Gasteiger partial charge in [-0.3, -0.25) is 0 Å². The number of hydrogen-bond donors (Lipinski definition) is 2. The molecular formula is C9H14F3NO. The van der Waals surface area contributed by atoms with Crippen LogP contribution in [0.15, 0.2) is 0 Å². The minimum atomic E-state index is -4.50. The highest BCUT2D eigenvalue weighted by atomic mass is 19.4. The van der Waals surface area contributed by atoms with Gasteiger partial charge in [0.25, 0.3) is 0 Å². The molecule has 14 heavy (non-hydrogen) atoms. The summed E-state index contributed by atoms with van der Waals surface area (Å²) in [5, 5.41) is 9.74. The molecule has 2 fully saturated rings. The molecule has 2 saturated carbocycles. The number of nitrogens with two attached hydrogens (primary N) is 1. The van der Waals surface area contributed by atoms with Crippen molar-refractivity contribution in [3.05, 3.63) is 0 Å². The first-order valence-electron chi connectivity index (χ1n) is 4.90. The van der Waals surface area contributed by atoms with Crippen LogP contribution in [0.5, 0.6) is 0 Å². The molecular weight excluding hydrogens is 195 g/mol. The van der Waals surface area contributed by atoms with Gasteiger partial charge in [-0.1, -0.05) is 0 Å². The lowest BCUT2D eigenvalue weighted by Gasteiger charge is -2.42. The van der Waals surface area contributed by atoms with Gasteiger partial charge in [0.1, 0.15) is 0 Å². The van der Waals surface area contributed by atoms with E-state index in [1.54, 1.807) is 0 Å². The monoisotopic (exact) mass is 209 g/mol. The molecule has 2 atom stereocenters. The average molecular weight is 209 g/mol. The normalized spacial score (nSPS) is 48.2. The average Bonchev–Trinajstić information content (AvgIpc) is 2.29. The Labute approximate surface area is 80.3 Å². The Hall–Kier alpha value is -0.290. The quantitative estimate of drug-likeness (QED) is 0.634. The van der Waals surface area contributed by atoms with E-state index in [0.717, 1.165) is 0 Å². The summed E-state index contributed by atoms with van der Waals surface area (Å²) in [6.45, 7) is 0. The Balaban J connectivity index is 2.30. The lowest BCUT2D eigenvalue weighted by Crippen LogP contribution is -2.57. The van der Waals surface area contributed by atoms with Crippen molar-refractivity contribution in [3.63, 3.8) is 0 Å². The fourth-order valence-corrected chi connectivity index (χ4v) is 3.06. The first-order chi connectivity index (χ1) is 6.35. The van der Waals surface area contributed by atoms with Crippen molar-refractivity contribution in [1.29, 1.82) is 0 Å². The fraction of sp³-hybridized carbons (Fsp3) is 1.00. The Kier molecular flexibility index (Phi) is 2.09. The van der Waals surface area contributed by atoms with E-state index in [4.69, 9.17) is 5.73 Å². The molecule has 5 heteroatoms. The van der Waals surface area contributed by atoms with E-state index in [0.29, 0.717) is 25.7 Å². The highest BCUT2D eigenvalue weighted by Crippen LogP contribution is 2.56. The lowest BCUT2D eigenvalue weighted by molar-refractivity contribution is -0.295. The van der Waals surface area contributed by atoms with Crippen molar-refractivity contribution in [2.45, 2.75) is 43.5 Å². The Morgan fingerprint density at radius 3 is 1.93 bits per heavy atom. The molecule has 2 bridgehead atoms. The highest BCUT2D eigenvalue weighted by Gasteiger charge is 2.66. The van der Waals surface area contributed by atoms with E-state index < -0.39 is 23.6 Å². The summed E-state index contributed by atoms with van der Waals surface area (Å²) < 4.78 is 38.1. The molecule has 0 radical (unpaired) electrons. The van der Waals surface area contributed by atoms with Crippen LogP contribution in [0.3, 0.4) is 0 Å². The zero-order valence-electron chi connectivity index (χ0n) is 7.72. The van der Waals surface area contributed by atoms with E-state index in [2.05, 4.69) is 0 Å². The van der Waals surface area contributed by atoms with Crippen molar-refractivity contribution >= 4 is 0 Å². The van der Waals surface area contributed by atoms with Gasteiger partial charge in [0, 0.05) is 6.04 Å². The topological polar surface area (TPSA) is 46.2 Å². The van der Waals surface area contributed by atoms with Crippen LogP contribution >= 0.6 is 0 Å². The minimum Gasteiger partial charge on any atom is -0.380 e. The molecule has 2 rings (SSSR count). The van der Waals surface area contributed by atoms with Crippen molar-refractivity contribution in [3.8, 4) is 0 Å². The molecule has 0 aromatic heterocycles. The molecule has 2 aliphatic rings. The van der Waals surface area contributed by atoms with Gasteiger partial charge in [-0.25, -0.2) is 0 Å². The summed E-state index contributed by atoms with van der Waals surface area (Å²) >= 11 is 0. The lowest BCUT2D eigenvalue weighted by atomic mass is 9.72. The number of fused-ring (bicyclic) bond motifs is 2. The zero-order chi connectivity index (χ0) is 10.6. The van der Waals surface area contributed by atoms with E-state index in [1.165, 1.54) is 0 Å². The van der Waals surface area contributed by atoms with E-state index in [-0.39, 0.29) is 6.04 Å². The molecule has 3 N–H and O–H groups in total. The largest absolute Gasteiger partial charge is 0.417 e. The molecule has 0 spiro atoms. The van der Waals surface area contributed by atoms with Gasteiger partial charge in [0.2, 0.25) is 0 Å². The molecule has 82 valence electrons. The summed E-state index contributed by atoms with van der Waals surface area (Å²) in [6, 6.07) is -0.171. The SMILES string of the molecule is NC1C[C@@H]2CC[C@@H](C1)C2(O)C(F)(F)F. The fourth-order valence-electron chi connectivity index (χ4n) is 3.06. The Morgan fingerprint density at radius 1 is 1.14 bits per heavy atom. The molecule has 0 aromatic carbocycles. The van der Waals surface area contributed by atoms with Crippen LogP contribution in [-0.2, 0) is 0 Å². The summed E-state index contributed by atoms with van der Waals surface area (Å²) in [4.78, 5) is 0. The molecule has 0 aliphatic heterocycles. The predicted octanol–water partition coefficient (Wildman–Crippen LogP) is 1.43. The van der Waals surface area contributed by atoms with E-state index >= 15 is 0 Å². The van der Waals surface area contributed by atoms with Crippen LogP contribution < -0.4 is 5.73 Å². The third-order valence-electron chi connectivity index (χ3n) is 3.74. The third-order valence-corrected chi connectivity index (χ3v) is 3.74. The van der Waals surface area contributed by atoms with Gasteiger partial charge in [0.15, 0.2) is 5.60 Å². The second kappa shape index (κ2) is 2.85. The van der Waals surface area contributed by atoms with Crippen molar-refractivity contribution < 1.29 is 18.3 Å². The van der Waals surface area contributed by atoms with E-state index in [9.17, 15) is 18.3 Å². The van der Waals surface area contributed by atoms with Crippen molar-refractivity contribution in [2.24, 2.45) is 17.6 Å². The van der Waals surface area contributed by atoms with Gasteiger partial charge in [0.05, 0.1) is 0 Å². The maximum Gasteiger partial charge on any atom is 0.417 e. The van der Waals surface area contributed by atoms with E-state index in [1.807, 2.05) is 0 Å². The molecule has 0 aromatic rings.